The lowest BCUT2D eigenvalue weighted by atomic mass is 9.79. The Hall–Kier alpha value is -5.20. The van der Waals surface area contributed by atoms with Crippen molar-refractivity contribution in [2.75, 3.05) is 0 Å². The highest BCUT2D eigenvalue weighted by Gasteiger charge is 2.24. The maximum absolute atomic E-state index is 2.49. The second-order valence-electron chi connectivity index (χ2n) is 14.1. The second-order valence-corrected chi connectivity index (χ2v) is 14.1. The van der Waals surface area contributed by atoms with E-state index in [1.807, 2.05) is 0 Å². The zero-order valence-corrected chi connectivity index (χ0v) is 29.4. The van der Waals surface area contributed by atoms with Gasteiger partial charge in [-0.15, -0.1) is 0 Å². The van der Waals surface area contributed by atoms with Crippen LogP contribution in [0.4, 0.5) is 0 Å². The summed E-state index contributed by atoms with van der Waals surface area (Å²) in [5, 5.41) is 8.01. The lowest BCUT2D eigenvalue weighted by Gasteiger charge is -2.24. The van der Waals surface area contributed by atoms with E-state index in [1.165, 1.54) is 121 Å². The zero-order valence-electron chi connectivity index (χ0n) is 29.4. The molecular formula is C48H42. The van der Waals surface area contributed by atoms with Gasteiger partial charge in [0.25, 0.3) is 0 Å². The summed E-state index contributed by atoms with van der Waals surface area (Å²) in [6.07, 6.45) is 0. The summed E-state index contributed by atoms with van der Waals surface area (Å²) in [7, 11) is 0. The molecule has 0 saturated heterocycles. The van der Waals surface area contributed by atoms with Gasteiger partial charge < -0.3 is 0 Å². The van der Waals surface area contributed by atoms with E-state index >= 15 is 0 Å². The third kappa shape index (κ3) is 4.43. The van der Waals surface area contributed by atoms with Crippen LogP contribution in [0, 0.1) is 55.4 Å². The molecule has 0 aliphatic rings. The van der Waals surface area contributed by atoms with Crippen molar-refractivity contribution in [3.63, 3.8) is 0 Å². The molecule has 0 fully saturated rings. The van der Waals surface area contributed by atoms with Crippen LogP contribution >= 0.6 is 0 Å². The van der Waals surface area contributed by atoms with Crippen molar-refractivity contribution in [3.8, 4) is 44.5 Å². The summed E-state index contributed by atoms with van der Waals surface area (Å²) in [5.74, 6) is 0. The van der Waals surface area contributed by atoms with Crippen molar-refractivity contribution in [3.05, 3.63) is 154 Å². The van der Waals surface area contributed by atoms with Gasteiger partial charge in [0.05, 0.1) is 0 Å². The molecule has 8 aromatic carbocycles. The summed E-state index contributed by atoms with van der Waals surface area (Å²) < 4.78 is 0. The normalized spacial score (nSPS) is 11.8. The molecule has 0 amide bonds. The Morgan fingerprint density at radius 2 is 0.438 bits per heavy atom. The summed E-state index contributed by atoms with van der Waals surface area (Å²) >= 11 is 0. The average molecular weight is 619 g/mol. The quantitative estimate of drug-likeness (QED) is 0.172. The highest BCUT2D eigenvalue weighted by atomic mass is 14.3. The van der Waals surface area contributed by atoms with Crippen molar-refractivity contribution in [2.24, 2.45) is 0 Å². The number of hydrogen-bond donors (Lipinski definition) is 0. The van der Waals surface area contributed by atoms with Crippen LogP contribution in [0.25, 0.3) is 76.8 Å². The Kier molecular flexibility index (Phi) is 7.04. The zero-order chi connectivity index (χ0) is 33.4. The third-order valence-electron chi connectivity index (χ3n) is 10.9. The molecule has 0 atom stereocenters. The van der Waals surface area contributed by atoms with Crippen LogP contribution in [-0.2, 0) is 0 Å². The molecule has 0 aliphatic carbocycles. The first-order chi connectivity index (χ1) is 23.2. The molecule has 0 nitrogen and oxygen atoms in total. The van der Waals surface area contributed by atoms with Crippen LogP contribution in [0.2, 0.25) is 0 Å². The predicted octanol–water partition coefficient (Wildman–Crippen LogP) is 13.7. The van der Waals surface area contributed by atoms with Gasteiger partial charge in [0.15, 0.2) is 0 Å². The minimum Gasteiger partial charge on any atom is -0.0617 e. The van der Waals surface area contributed by atoms with Crippen molar-refractivity contribution in [2.45, 2.75) is 55.4 Å². The molecule has 0 spiro atoms. The molecule has 0 heterocycles. The van der Waals surface area contributed by atoms with Gasteiger partial charge in [-0.2, -0.15) is 0 Å². The lowest BCUT2D eigenvalue weighted by Crippen LogP contribution is -1.99. The Bertz CT molecular complexity index is 2140. The van der Waals surface area contributed by atoms with Crippen molar-refractivity contribution < 1.29 is 0 Å². The van der Waals surface area contributed by atoms with Crippen molar-refractivity contribution in [1.82, 2.24) is 0 Å². The predicted molar refractivity (Wildman–Crippen MR) is 210 cm³/mol. The van der Waals surface area contributed by atoms with E-state index in [9.17, 15) is 0 Å². The summed E-state index contributed by atoms with van der Waals surface area (Å²) in [6.45, 7) is 18.1. The van der Waals surface area contributed by atoms with Gasteiger partial charge in [0, 0.05) is 0 Å². The van der Waals surface area contributed by atoms with Gasteiger partial charge in [-0.25, -0.2) is 0 Å². The SMILES string of the molecule is Cc1cccc(C)c1-c1cc(-c2c(C)cccc2C)c2ccc3c(-c4c(C)cccc4C)cc(-c4c(C)cccc4C)c4ccc1c2c43. The first-order valence-corrected chi connectivity index (χ1v) is 17.2. The molecule has 0 aromatic heterocycles. The van der Waals surface area contributed by atoms with Gasteiger partial charge in [-0.1, -0.05) is 97.1 Å². The largest absolute Gasteiger partial charge is 0.0617 e. The monoisotopic (exact) mass is 618 g/mol. The number of hydrogen-bond acceptors (Lipinski definition) is 0. The molecule has 234 valence electrons. The van der Waals surface area contributed by atoms with Crippen LogP contribution < -0.4 is 0 Å². The fourth-order valence-corrected chi connectivity index (χ4v) is 8.78. The van der Waals surface area contributed by atoms with E-state index in [0.717, 1.165) is 0 Å². The molecule has 48 heavy (non-hydrogen) atoms. The van der Waals surface area contributed by atoms with E-state index in [2.05, 4.69) is 165 Å². The minimum atomic E-state index is 1.31. The summed E-state index contributed by atoms with van der Waals surface area (Å²) in [6, 6.07) is 41.5. The fourth-order valence-electron chi connectivity index (χ4n) is 8.78. The first-order valence-electron chi connectivity index (χ1n) is 17.2. The summed E-state index contributed by atoms with van der Waals surface area (Å²) in [4.78, 5) is 0. The molecule has 8 rings (SSSR count). The van der Waals surface area contributed by atoms with Gasteiger partial charge in [-0.3, -0.25) is 0 Å². The van der Waals surface area contributed by atoms with Gasteiger partial charge >= 0.3 is 0 Å². The van der Waals surface area contributed by atoms with Crippen molar-refractivity contribution in [1.29, 1.82) is 0 Å². The second kappa shape index (κ2) is 11.2. The molecule has 0 aliphatic heterocycles. The molecule has 0 saturated carbocycles. The highest BCUT2D eigenvalue weighted by molar-refractivity contribution is 6.32. The van der Waals surface area contributed by atoms with Crippen LogP contribution in [0.5, 0.6) is 0 Å². The Labute approximate surface area is 285 Å². The van der Waals surface area contributed by atoms with Crippen LogP contribution in [0.1, 0.15) is 44.5 Å². The minimum absolute atomic E-state index is 1.31. The molecule has 8 aromatic rings. The third-order valence-corrected chi connectivity index (χ3v) is 10.9. The van der Waals surface area contributed by atoms with E-state index in [-0.39, 0.29) is 0 Å². The maximum Gasteiger partial charge on any atom is -0.00139 e. The molecule has 0 N–H and O–H groups in total. The average Bonchev–Trinajstić information content (AvgIpc) is 3.05. The molecule has 0 bridgehead atoms. The lowest BCUT2D eigenvalue weighted by molar-refractivity contribution is 1.37. The number of aryl methyl sites for hydroxylation is 8. The Morgan fingerprint density at radius 1 is 0.250 bits per heavy atom. The van der Waals surface area contributed by atoms with Crippen LogP contribution in [0.3, 0.4) is 0 Å². The van der Waals surface area contributed by atoms with Gasteiger partial charge in [-0.05, 0) is 189 Å². The van der Waals surface area contributed by atoms with E-state index in [4.69, 9.17) is 0 Å². The molecule has 0 unspecified atom stereocenters. The molecule has 0 radical (unpaired) electrons. The van der Waals surface area contributed by atoms with Crippen LogP contribution in [0.15, 0.2) is 109 Å². The smallest absolute Gasteiger partial charge is 0.00139 e. The number of benzene rings is 8. The fraction of sp³-hybridized carbons (Fsp3) is 0.167. The molecular weight excluding hydrogens is 577 g/mol. The van der Waals surface area contributed by atoms with Crippen LogP contribution in [-0.4, -0.2) is 0 Å². The van der Waals surface area contributed by atoms with Crippen molar-refractivity contribution >= 4 is 32.3 Å². The number of rotatable bonds is 4. The highest BCUT2D eigenvalue weighted by Crippen LogP contribution is 2.50. The Balaban J connectivity index is 1.66. The van der Waals surface area contributed by atoms with Gasteiger partial charge in [0.2, 0.25) is 0 Å². The maximum atomic E-state index is 2.49. The topological polar surface area (TPSA) is 0 Å². The first kappa shape index (κ1) is 30.2. The summed E-state index contributed by atoms with van der Waals surface area (Å²) in [5.41, 5.74) is 21.1. The molecule has 0 heteroatoms. The van der Waals surface area contributed by atoms with E-state index in [1.54, 1.807) is 0 Å². The Morgan fingerprint density at radius 3 is 0.625 bits per heavy atom. The standard InChI is InChI=1S/C48H42/c1-27-13-9-14-28(2)43(27)39-25-40(44-29(3)15-10-16-30(44)4)36-23-24-38-42(46-33(7)19-12-20-34(46)8)26-41(45-31(5)17-11-18-32(45)6)37-22-21-35(39)47(36)48(37)38/h9-26H,1-8H3. The van der Waals surface area contributed by atoms with E-state index < -0.39 is 0 Å². The van der Waals surface area contributed by atoms with Gasteiger partial charge in [0.1, 0.15) is 0 Å². The van der Waals surface area contributed by atoms with E-state index in [0.29, 0.717) is 0 Å².